The molecule has 0 saturated heterocycles. The van der Waals surface area contributed by atoms with E-state index in [9.17, 15) is 0 Å². The molecule has 2 aromatic heterocycles. The van der Waals surface area contributed by atoms with E-state index >= 15 is 8.78 Å². The summed E-state index contributed by atoms with van der Waals surface area (Å²) in [6, 6.07) is 90.7. The number of halogens is 2. The zero-order valence-electron chi connectivity index (χ0n) is 45.7. The van der Waals surface area contributed by atoms with E-state index < -0.39 is 17.0 Å². The van der Waals surface area contributed by atoms with Gasteiger partial charge in [-0.1, -0.05) is 188 Å². The average Bonchev–Trinajstić information content (AvgIpc) is 1.48. The number of fused-ring (bicyclic) bond motifs is 19. The molecular weight excluding hydrogens is 1040 g/mol. The molecule has 17 rings (SSSR count). The summed E-state index contributed by atoms with van der Waals surface area (Å²) in [7, 11) is 0. The Morgan fingerprint density at radius 3 is 1.13 bits per heavy atom. The van der Waals surface area contributed by atoms with E-state index in [1.54, 1.807) is 12.1 Å². The lowest BCUT2D eigenvalue weighted by Gasteiger charge is -2.45. The highest BCUT2D eigenvalue weighted by atomic mass is 19.1. The van der Waals surface area contributed by atoms with Crippen molar-refractivity contribution in [3.05, 3.63) is 306 Å². The summed E-state index contributed by atoms with van der Waals surface area (Å²) in [5.74, 6) is -0.815. The van der Waals surface area contributed by atoms with E-state index in [2.05, 4.69) is 241 Å². The Hall–Kier alpha value is -10.8. The van der Waals surface area contributed by atoms with Gasteiger partial charge in [-0.3, -0.25) is 0 Å². The lowest BCUT2D eigenvalue weighted by molar-refractivity contribution is 0.584. The Labute approximate surface area is 482 Å². The molecule has 1 aliphatic carbocycles. The van der Waals surface area contributed by atoms with Gasteiger partial charge < -0.3 is 23.5 Å². The minimum atomic E-state index is -0.988. The number of hydrogen-bond donors (Lipinski definition) is 0. The third-order valence-corrected chi connectivity index (χ3v) is 17.8. The molecule has 0 saturated carbocycles. The standard InChI is InChI=1S/C77H49F2N3O2/c1-46-22-6-14-38-63(46)81(67-42-20-32-55-53-30-18-36-61(78)73(53)83-75(55)67)69-44-59-71(51-28-10-8-26-49(51)69)72-52-29-11-9-27-50(52)70(82(64-39-15-7-23-47(64)2)68-43-21-33-56-54-31-19-37-62(79)74(54)84-76(56)68)45-60(72)77(59)57-34-12-16-40-65(57)80(48-24-4-3-5-25-48)66-41-17-13-35-58(66)77/h3-45H,1-2H3. The number of benzene rings is 13. The fourth-order valence-corrected chi connectivity index (χ4v) is 14.3. The number of para-hydroxylation sites is 9. The summed E-state index contributed by atoms with van der Waals surface area (Å²) < 4.78 is 45.4. The molecule has 5 nitrogen and oxygen atoms in total. The minimum Gasteiger partial charge on any atom is -0.451 e. The van der Waals surface area contributed by atoms with E-state index in [1.165, 1.54) is 12.1 Å². The van der Waals surface area contributed by atoms with Gasteiger partial charge >= 0.3 is 0 Å². The number of aryl methyl sites for hydroxylation is 2. The largest absolute Gasteiger partial charge is 0.451 e. The van der Waals surface area contributed by atoms with Gasteiger partial charge in [-0.05, 0) is 142 Å². The maximum absolute atomic E-state index is 15.9. The molecule has 0 bridgehead atoms. The third kappa shape index (κ3) is 6.57. The van der Waals surface area contributed by atoms with Crippen LogP contribution in [-0.4, -0.2) is 0 Å². The highest BCUT2D eigenvalue weighted by Crippen LogP contribution is 2.67. The van der Waals surface area contributed by atoms with Crippen molar-refractivity contribution in [3.8, 4) is 11.1 Å². The zero-order chi connectivity index (χ0) is 55.9. The van der Waals surface area contributed by atoms with Crippen molar-refractivity contribution in [2.75, 3.05) is 14.7 Å². The van der Waals surface area contributed by atoms with Crippen LogP contribution in [0.1, 0.15) is 33.4 Å². The van der Waals surface area contributed by atoms with Gasteiger partial charge in [0, 0.05) is 49.4 Å². The first-order valence-electron chi connectivity index (χ1n) is 28.5. The van der Waals surface area contributed by atoms with Crippen molar-refractivity contribution in [3.63, 3.8) is 0 Å². The van der Waals surface area contributed by atoms with Crippen LogP contribution in [0.25, 0.3) is 76.5 Å². The number of hydrogen-bond acceptors (Lipinski definition) is 5. The smallest absolute Gasteiger partial charge is 0.171 e. The normalized spacial score (nSPS) is 13.1. The van der Waals surface area contributed by atoms with E-state index in [0.717, 1.165) is 128 Å². The van der Waals surface area contributed by atoms with Crippen LogP contribution in [0.15, 0.2) is 270 Å². The van der Waals surface area contributed by atoms with Crippen molar-refractivity contribution < 1.29 is 17.6 Å². The van der Waals surface area contributed by atoms with Crippen molar-refractivity contribution in [1.82, 2.24) is 0 Å². The van der Waals surface area contributed by atoms with Crippen molar-refractivity contribution >= 4 is 117 Å². The SMILES string of the molecule is Cc1ccccc1N(c1cc2c(c3ccccc13)-c1c(cc(N(c3ccccc3C)c3cccc4c3oc3c(F)cccc34)c3ccccc13)C21c2ccccc2N(c2ccccc2)c2ccccc21)c1cccc2c1oc1c(F)cccc12. The van der Waals surface area contributed by atoms with Gasteiger partial charge in [0.15, 0.2) is 34.0 Å². The fourth-order valence-electron chi connectivity index (χ4n) is 14.3. The fraction of sp³-hybridized carbons (Fsp3) is 0.0390. The molecule has 0 amide bonds. The molecule has 13 aromatic carbocycles. The highest BCUT2D eigenvalue weighted by Gasteiger charge is 2.54. The van der Waals surface area contributed by atoms with Gasteiger partial charge in [-0.2, -0.15) is 0 Å². The van der Waals surface area contributed by atoms with Gasteiger partial charge in [0.2, 0.25) is 0 Å². The molecule has 15 aromatic rings. The Balaban J connectivity index is 1.05. The molecule has 1 aliphatic heterocycles. The number of nitrogens with zero attached hydrogens (tertiary/aromatic N) is 3. The Morgan fingerprint density at radius 1 is 0.310 bits per heavy atom. The van der Waals surface area contributed by atoms with Gasteiger partial charge in [-0.25, -0.2) is 8.78 Å². The van der Waals surface area contributed by atoms with Crippen LogP contribution in [0.4, 0.5) is 60.0 Å². The molecule has 0 fully saturated rings. The van der Waals surface area contributed by atoms with Crippen LogP contribution in [0.5, 0.6) is 0 Å². The van der Waals surface area contributed by atoms with Crippen LogP contribution in [0, 0.1) is 25.5 Å². The van der Waals surface area contributed by atoms with Crippen LogP contribution >= 0.6 is 0 Å². The molecule has 3 heterocycles. The molecule has 398 valence electrons. The van der Waals surface area contributed by atoms with Gasteiger partial charge in [0.05, 0.1) is 39.5 Å². The van der Waals surface area contributed by atoms with Crippen molar-refractivity contribution in [1.29, 1.82) is 0 Å². The lowest BCUT2D eigenvalue weighted by Crippen LogP contribution is -2.36. The predicted molar refractivity (Wildman–Crippen MR) is 340 cm³/mol. The molecule has 0 unspecified atom stereocenters. The Morgan fingerprint density at radius 2 is 0.667 bits per heavy atom. The lowest BCUT2D eigenvalue weighted by atomic mass is 9.64. The first-order valence-corrected chi connectivity index (χ1v) is 28.5. The maximum atomic E-state index is 15.9. The summed E-state index contributed by atoms with van der Waals surface area (Å²) in [5, 5.41) is 7.30. The maximum Gasteiger partial charge on any atom is 0.171 e. The molecular formula is C77H49F2N3O2. The monoisotopic (exact) mass is 1090 g/mol. The molecule has 1 spiro atoms. The van der Waals surface area contributed by atoms with Crippen LogP contribution in [-0.2, 0) is 5.41 Å². The minimum absolute atomic E-state index is 0.224. The topological polar surface area (TPSA) is 36.0 Å². The second-order valence-corrected chi connectivity index (χ2v) is 22.2. The van der Waals surface area contributed by atoms with E-state index in [0.29, 0.717) is 21.9 Å². The predicted octanol–water partition coefficient (Wildman–Crippen LogP) is 21.8. The van der Waals surface area contributed by atoms with Gasteiger partial charge in [0.1, 0.15) is 0 Å². The average molecular weight is 1090 g/mol. The van der Waals surface area contributed by atoms with E-state index in [4.69, 9.17) is 8.83 Å². The van der Waals surface area contributed by atoms with Crippen LogP contribution in [0.2, 0.25) is 0 Å². The van der Waals surface area contributed by atoms with Crippen LogP contribution < -0.4 is 14.7 Å². The molecule has 0 N–H and O–H groups in total. The summed E-state index contributed by atoms with van der Waals surface area (Å²) in [6.45, 7) is 4.30. The molecule has 84 heavy (non-hydrogen) atoms. The number of anilines is 9. The summed E-state index contributed by atoms with van der Waals surface area (Å²) in [4.78, 5) is 7.10. The first-order chi connectivity index (χ1) is 41.4. The van der Waals surface area contributed by atoms with Crippen molar-refractivity contribution in [2.45, 2.75) is 19.3 Å². The summed E-state index contributed by atoms with van der Waals surface area (Å²) >= 11 is 0. The number of rotatable bonds is 7. The van der Waals surface area contributed by atoms with Crippen LogP contribution in [0.3, 0.4) is 0 Å². The number of furan rings is 2. The quantitative estimate of drug-likeness (QED) is 0.159. The second kappa shape index (κ2) is 18.1. The summed E-state index contributed by atoms with van der Waals surface area (Å²) in [5.41, 5.74) is 18.0. The first kappa shape index (κ1) is 48.0. The Bertz CT molecular complexity index is 4950. The Kier molecular flexibility index (Phi) is 10.4. The molecule has 0 radical (unpaired) electrons. The van der Waals surface area contributed by atoms with Crippen molar-refractivity contribution in [2.24, 2.45) is 0 Å². The highest BCUT2D eigenvalue weighted by molar-refractivity contribution is 6.21. The molecule has 7 heteroatoms. The van der Waals surface area contributed by atoms with E-state index in [1.807, 2.05) is 24.3 Å². The van der Waals surface area contributed by atoms with Gasteiger partial charge in [-0.15, -0.1) is 0 Å². The van der Waals surface area contributed by atoms with E-state index in [-0.39, 0.29) is 11.2 Å². The summed E-state index contributed by atoms with van der Waals surface area (Å²) in [6.07, 6.45) is 0. The third-order valence-electron chi connectivity index (χ3n) is 17.8. The zero-order valence-corrected chi connectivity index (χ0v) is 45.7. The second-order valence-electron chi connectivity index (χ2n) is 22.2. The molecule has 2 aliphatic rings. The van der Waals surface area contributed by atoms with Gasteiger partial charge in [0.25, 0.3) is 0 Å². The molecule has 0 atom stereocenters.